The molecule has 1 saturated carbocycles. The monoisotopic (exact) mass is 636 g/mol. The molecule has 4 rings (SSSR count). The van der Waals surface area contributed by atoms with Gasteiger partial charge >= 0.3 is 17.9 Å². The van der Waals surface area contributed by atoms with Gasteiger partial charge in [0, 0.05) is 31.8 Å². The minimum atomic E-state index is -1.28. The Bertz CT molecular complexity index is 1130. The third-order valence-electron chi connectivity index (χ3n) is 9.52. The minimum absolute atomic E-state index is 0.217. The number of carbonyl (C=O) groups is 3. The van der Waals surface area contributed by atoms with Gasteiger partial charge in [0.05, 0.1) is 23.4 Å². The van der Waals surface area contributed by atoms with Gasteiger partial charge in [0.2, 0.25) is 6.29 Å². The van der Waals surface area contributed by atoms with Gasteiger partial charge in [-0.1, -0.05) is 52.0 Å². The van der Waals surface area contributed by atoms with Crippen LogP contribution in [-0.2, 0) is 42.8 Å². The molecular formula is C34H52O11. The summed E-state index contributed by atoms with van der Waals surface area (Å²) in [5, 5.41) is 22.5. The van der Waals surface area contributed by atoms with Gasteiger partial charge in [0.25, 0.3) is 0 Å². The van der Waals surface area contributed by atoms with Crippen molar-refractivity contribution in [3.05, 3.63) is 24.0 Å². The molecule has 0 bridgehead atoms. The third-order valence-corrected chi connectivity index (χ3v) is 9.52. The topological polar surface area (TPSA) is 154 Å². The SMILES string of the molecule is C=C1C(O)C2OC2C(C)(O)CCC2C(C(OC(C)=O)C(OC(=O)CCCCCCCCC)C3OC3(C)C)=COC(OC(C)=O)C12. The molecule has 1 aliphatic carbocycles. The fourth-order valence-electron chi connectivity index (χ4n) is 6.88. The highest BCUT2D eigenvalue weighted by Gasteiger charge is 2.61. The first-order chi connectivity index (χ1) is 21.2. The Balaban J connectivity index is 1.63. The van der Waals surface area contributed by atoms with E-state index in [0.29, 0.717) is 24.0 Å². The van der Waals surface area contributed by atoms with Crippen LogP contribution in [0.3, 0.4) is 0 Å². The summed E-state index contributed by atoms with van der Waals surface area (Å²) in [5.41, 5.74) is -1.15. The summed E-state index contributed by atoms with van der Waals surface area (Å²) < 4.78 is 35.1. The van der Waals surface area contributed by atoms with E-state index in [1.807, 2.05) is 13.8 Å². The summed E-state index contributed by atoms with van der Waals surface area (Å²) in [5.74, 6) is -2.97. The molecule has 0 radical (unpaired) electrons. The van der Waals surface area contributed by atoms with E-state index in [2.05, 4.69) is 13.5 Å². The maximum absolute atomic E-state index is 13.2. The molecule has 3 fully saturated rings. The number of fused-ring (bicyclic) bond motifs is 2. The highest BCUT2D eigenvalue weighted by atomic mass is 16.7. The van der Waals surface area contributed by atoms with Crippen LogP contribution in [0, 0.1) is 11.8 Å². The number of rotatable bonds is 14. The average molecular weight is 637 g/mol. The van der Waals surface area contributed by atoms with Crippen LogP contribution < -0.4 is 0 Å². The molecule has 2 N–H and O–H groups in total. The van der Waals surface area contributed by atoms with Crippen LogP contribution >= 0.6 is 0 Å². The summed E-state index contributed by atoms with van der Waals surface area (Å²) >= 11 is 0. The van der Waals surface area contributed by atoms with Gasteiger partial charge in [0.1, 0.15) is 24.4 Å². The molecule has 45 heavy (non-hydrogen) atoms. The number of hydrogen-bond donors (Lipinski definition) is 2. The Hall–Kier alpha value is -2.47. The Morgan fingerprint density at radius 1 is 1.04 bits per heavy atom. The summed E-state index contributed by atoms with van der Waals surface area (Å²) in [6.07, 6.45) is 3.25. The predicted molar refractivity (Wildman–Crippen MR) is 162 cm³/mol. The molecule has 3 heterocycles. The summed E-state index contributed by atoms with van der Waals surface area (Å²) in [4.78, 5) is 37.9. The van der Waals surface area contributed by atoms with E-state index in [1.165, 1.54) is 39.4 Å². The number of epoxide rings is 2. The van der Waals surface area contributed by atoms with Gasteiger partial charge < -0.3 is 38.6 Å². The second-order valence-electron chi connectivity index (χ2n) is 13.8. The smallest absolute Gasteiger partial charge is 0.306 e. The maximum Gasteiger partial charge on any atom is 0.306 e. The Morgan fingerprint density at radius 3 is 2.29 bits per heavy atom. The molecule has 0 aromatic rings. The average Bonchev–Trinajstić information content (AvgIpc) is 3.87. The number of ether oxygens (including phenoxy) is 6. The third kappa shape index (κ3) is 8.67. The van der Waals surface area contributed by atoms with E-state index in [1.54, 1.807) is 6.92 Å². The molecule has 0 aromatic carbocycles. The first-order valence-electron chi connectivity index (χ1n) is 16.5. The molecule has 254 valence electrons. The number of carbonyl (C=O) groups excluding carboxylic acids is 3. The molecule has 11 nitrogen and oxygen atoms in total. The molecule has 4 aliphatic rings. The van der Waals surface area contributed by atoms with Crippen LogP contribution in [0.25, 0.3) is 0 Å². The molecule has 0 amide bonds. The van der Waals surface area contributed by atoms with Gasteiger partial charge in [0.15, 0.2) is 12.2 Å². The van der Waals surface area contributed by atoms with Crippen LogP contribution in [0.5, 0.6) is 0 Å². The van der Waals surface area contributed by atoms with Crippen molar-refractivity contribution in [2.75, 3.05) is 0 Å². The van der Waals surface area contributed by atoms with Gasteiger partial charge in [-0.3, -0.25) is 14.4 Å². The van der Waals surface area contributed by atoms with Gasteiger partial charge in [-0.2, -0.15) is 0 Å². The van der Waals surface area contributed by atoms with Crippen LogP contribution in [0.1, 0.15) is 106 Å². The van der Waals surface area contributed by atoms with Crippen molar-refractivity contribution in [3.63, 3.8) is 0 Å². The zero-order valence-electron chi connectivity index (χ0n) is 27.6. The molecular weight excluding hydrogens is 584 g/mol. The second kappa shape index (κ2) is 14.5. The number of unbranched alkanes of at least 4 members (excludes halogenated alkanes) is 6. The van der Waals surface area contributed by atoms with E-state index in [9.17, 15) is 24.6 Å². The standard InChI is InChI=1S/C34H52O11/c1-8-9-10-11-12-13-14-15-24(37)43-29(30-33(5,6)45-30)27(41-20(3)35)23-18-40-32(42-21(4)36)25-19(2)26(38)28-31(44-28)34(7,39)17-16-22(23)25/h18,22,25-32,38-39H,2,8-17H2,1,3-7H3. The van der Waals surface area contributed by atoms with Crippen molar-refractivity contribution in [3.8, 4) is 0 Å². The fraction of sp³-hybridized carbons (Fsp3) is 0.794. The maximum atomic E-state index is 13.2. The van der Waals surface area contributed by atoms with E-state index in [-0.39, 0.29) is 12.8 Å². The van der Waals surface area contributed by atoms with E-state index in [4.69, 9.17) is 28.4 Å². The van der Waals surface area contributed by atoms with Crippen molar-refractivity contribution >= 4 is 17.9 Å². The Labute approximate surface area is 266 Å². The lowest BCUT2D eigenvalue weighted by Gasteiger charge is -2.42. The van der Waals surface area contributed by atoms with Crippen LogP contribution in [0.4, 0.5) is 0 Å². The lowest BCUT2D eigenvalue weighted by molar-refractivity contribution is -0.185. The quantitative estimate of drug-likeness (QED) is 0.0916. The first-order valence-corrected chi connectivity index (χ1v) is 16.5. The number of esters is 3. The van der Waals surface area contributed by atoms with E-state index >= 15 is 0 Å². The van der Waals surface area contributed by atoms with E-state index in [0.717, 1.165) is 19.3 Å². The summed E-state index contributed by atoms with van der Waals surface area (Å²) in [6.45, 7) is 14.2. The lowest BCUT2D eigenvalue weighted by atomic mass is 9.73. The normalized spacial score (nSPS) is 34.6. The number of aliphatic hydroxyl groups is 2. The van der Waals surface area contributed by atoms with Crippen molar-refractivity contribution < 1.29 is 53.0 Å². The Kier molecular flexibility index (Phi) is 11.4. The summed E-state index contributed by atoms with van der Waals surface area (Å²) in [7, 11) is 0. The van der Waals surface area contributed by atoms with Crippen molar-refractivity contribution in [1.29, 1.82) is 0 Å². The molecule has 0 spiro atoms. The molecule has 10 atom stereocenters. The lowest BCUT2D eigenvalue weighted by Crippen LogP contribution is -2.48. The van der Waals surface area contributed by atoms with Gasteiger partial charge in [-0.25, -0.2) is 0 Å². The zero-order chi connectivity index (χ0) is 33.1. The van der Waals surface area contributed by atoms with Crippen molar-refractivity contribution in [2.24, 2.45) is 11.8 Å². The van der Waals surface area contributed by atoms with Gasteiger partial charge in [-0.15, -0.1) is 0 Å². The molecule has 10 unspecified atom stereocenters. The van der Waals surface area contributed by atoms with Crippen molar-refractivity contribution in [2.45, 2.75) is 160 Å². The first kappa shape index (κ1) is 35.4. The molecule has 0 aromatic heterocycles. The largest absolute Gasteiger partial charge is 0.462 e. The minimum Gasteiger partial charge on any atom is -0.462 e. The second-order valence-corrected chi connectivity index (χ2v) is 13.8. The number of hydrogen-bond acceptors (Lipinski definition) is 11. The van der Waals surface area contributed by atoms with Crippen molar-refractivity contribution in [1.82, 2.24) is 0 Å². The van der Waals surface area contributed by atoms with Gasteiger partial charge in [-0.05, 0) is 45.6 Å². The Morgan fingerprint density at radius 2 is 1.69 bits per heavy atom. The van der Waals surface area contributed by atoms with Crippen LogP contribution in [0.15, 0.2) is 24.0 Å². The number of aliphatic hydroxyl groups excluding tert-OH is 1. The molecule has 3 aliphatic heterocycles. The zero-order valence-corrected chi connectivity index (χ0v) is 27.6. The van der Waals surface area contributed by atoms with Crippen LogP contribution in [-0.4, -0.2) is 82.2 Å². The summed E-state index contributed by atoms with van der Waals surface area (Å²) in [6, 6.07) is 0. The molecule has 11 heteroatoms. The van der Waals surface area contributed by atoms with E-state index < -0.39 is 83.9 Å². The molecule has 2 saturated heterocycles. The van der Waals surface area contributed by atoms with Crippen LogP contribution in [0.2, 0.25) is 0 Å². The highest BCUT2D eigenvalue weighted by molar-refractivity contribution is 5.70. The fourth-order valence-corrected chi connectivity index (χ4v) is 6.88. The predicted octanol–water partition coefficient (Wildman–Crippen LogP) is 4.41. The highest BCUT2D eigenvalue weighted by Crippen LogP contribution is 2.50.